The highest BCUT2D eigenvalue weighted by Gasteiger charge is 2.13. The molecule has 2 aromatic carbocycles. The minimum atomic E-state index is -0.355. The molecule has 0 bridgehead atoms. The van der Waals surface area contributed by atoms with Crippen LogP contribution >= 0.6 is 0 Å². The van der Waals surface area contributed by atoms with E-state index in [0.29, 0.717) is 23.0 Å². The van der Waals surface area contributed by atoms with Crippen LogP contribution < -0.4 is 20.1 Å². The average molecular weight is 392 g/mol. The highest BCUT2D eigenvalue weighted by molar-refractivity contribution is 6.04. The lowest BCUT2D eigenvalue weighted by atomic mass is 10.1. The summed E-state index contributed by atoms with van der Waals surface area (Å²) in [5, 5.41) is 6.05. The van der Waals surface area contributed by atoms with Gasteiger partial charge in [-0.25, -0.2) is 9.97 Å². The van der Waals surface area contributed by atoms with Crippen LogP contribution in [0.3, 0.4) is 0 Å². The highest BCUT2D eigenvalue weighted by atomic mass is 16.5. The van der Waals surface area contributed by atoms with E-state index in [1.807, 2.05) is 18.2 Å². The molecule has 7 nitrogen and oxygen atoms in total. The fraction of sp³-hybridized carbons (Fsp3) is 0.227. The molecule has 0 radical (unpaired) electrons. The lowest BCUT2D eigenvalue weighted by Crippen LogP contribution is -2.15. The minimum Gasteiger partial charge on any atom is -0.497 e. The summed E-state index contributed by atoms with van der Waals surface area (Å²) in [5.41, 5.74) is 2.06. The number of aryl methyl sites for hydroxylation is 1. The van der Waals surface area contributed by atoms with Gasteiger partial charge in [-0.15, -0.1) is 0 Å². The number of methoxy groups -OCH3 is 2. The average Bonchev–Trinajstić information content (AvgIpc) is 2.77. The Hall–Kier alpha value is -3.61. The van der Waals surface area contributed by atoms with Crippen LogP contribution in [0.25, 0.3) is 0 Å². The molecule has 0 fully saturated rings. The lowest BCUT2D eigenvalue weighted by Gasteiger charge is -2.12. The van der Waals surface area contributed by atoms with Gasteiger partial charge in [0.05, 0.1) is 19.9 Å². The first-order chi connectivity index (χ1) is 14.2. The molecule has 1 aromatic heterocycles. The topological polar surface area (TPSA) is 85.4 Å². The van der Waals surface area contributed by atoms with Crippen LogP contribution in [0.1, 0.15) is 22.5 Å². The Labute approximate surface area is 170 Å². The summed E-state index contributed by atoms with van der Waals surface area (Å²) < 4.78 is 10.5. The van der Waals surface area contributed by atoms with Crippen LogP contribution in [-0.4, -0.2) is 36.6 Å². The first kappa shape index (κ1) is 20.1. The highest BCUT2D eigenvalue weighted by Crippen LogP contribution is 2.29. The van der Waals surface area contributed by atoms with Crippen molar-refractivity contribution in [2.45, 2.75) is 12.8 Å². The van der Waals surface area contributed by atoms with E-state index in [2.05, 4.69) is 32.7 Å². The maximum atomic E-state index is 12.6. The van der Waals surface area contributed by atoms with E-state index in [0.717, 1.165) is 19.4 Å². The first-order valence-corrected chi connectivity index (χ1v) is 9.33. The first-order valence-electron chi connectivity index (χ1n) is 9.33. The van der Waals surface area contributed by atoms with Crippen LogP contribution in [0.5, 0.6) is 11.5 Å². The molecule has 0 spiro atoms. The number of nitrogens with one attached hydrogen (secondary N) is 2. The Balaban J connectivity index is 1.59. The zero-order chi connectivity index (χ0) is 20.5. The van der Waals surface area contributed by atoms with Gasteiger partial charge in [0.25, 0.3) is 5.91 Å². The standard InChI is InChI=1S/C22H24N4O3/c1-28-17-10-11-20(29-2)18(13-17)26-22(27)19-14-21(25-15-24-19)23-12-6-9-16-7-4-3-5-8-16/h3-5,7-8,10-11,13-15H,6,9,12H2,1-2H3,(H,26,27)(H,23,24,25). The van der Waals surface area contributed by atoms with Gasteiger partial charge in [0.15, 0.2) is 0 Å². The van der Waals surface area contributed by atoms with Crippen molar-refractivity contribution in [3.05, 3.63) is 72.2 Å². The number of hydrogen-bond acceptors (Lipinski definition) is 6. The Morgan fingerprint density at radius 1 is 1.00 bits per heavy atom. The molecule has 2 N–H and O–H groups in total. The number of benzene rings is 2. The third kappa shape index (κ3) is 5.68. The summed E-state index contributed by atoms with van der Waals surface area (Å²) in [6.45, 7) is 0.747. The second-order valence-electron chi connectivity index (χ2n) is 6.32. The number of amides is 1. The van der Waals surface area contributed by atoms with Crippen LogP contribution in [-0.2, 0) is 6.42 Å². The van der Waals surface area contributed by atoms with Gasteiger partial charge in [-0.2, -0.15) is 0 Å². The molecule has 0 saturated carbocycles. The van der Waals surface area contributed by atoms with Crippen molar-refractivity contribution in [1.29, 1.82) is 0 Å². The van der Waals surface area contributed by atoms with Gasteiger partial charge in [-0.05, 0) is 30.5 Å². The molecular weight excluding hydrogens is 368 g/mol. The predicted molar refractivity (Wildman–Crippen MR) is 113 cm³/mol. The summed E-state index contributed by atoms with van der Waals surface area (Å²) >= 11 is 0. The van der Waals surface area contributed by atoms with E-state index in [1.165, 1.54) is 11.9 Å². The van der Waals surface area contributed by atoms with E-state index >= 15 is 0 Å². The van der Waals surface area contributed by atoms with E-state index < -0.39 is 0 Å². The second kappa shape index (κ2) is 10.1. The molecule has 29 heavy (non-hydrogen) atoms. The molecule has 0 aliphatic carbocycles. The minimum absolute atomic E-state index is 0.260. The van der Waals surface area contributed by atoms with Crippen molar-refractivity contribution in [3.63, 3.8) is 0 Å². The van der Waals surface area contributed by atoms with E-state index in [9.17, 15) is 4.79 Å². The maximum absolute atomic E-state index is 12.6. The number of rotatable bonds is 9. The van der Waals surface area contributed by atoms with Crippen LogP contribution in [0, 0.1) is 0 Å². The summed E-state index contributed by atoms with van der Waals surface area (Å²) in [6.07, 6.45) is 3.30. The van der Waals surface area contributed by atoms with Crippen molar-refractivity contribution in [2.24, 2.45) is 0 Å². The van der Waals surface area contributed by atoms with E-state index in [1.54, 1.807) is 38.5 Å². The SMILES string of the molecule is COc1ccc(OC)c(NC(=O)c2cc(NCCCc3ccccc3)ncn2)c1. The number of nitrogens with zero attached hydrogens (tertiary/aromatic N) is 2. The molecule has 0 saturated heterocycles. The van der Waals surface area contributed by atoms with Crippen molar-refractivity contribution < 1.29 is 14.3 Å². The van der Waals surface area contributed by atoms with E-state index in [4.69, 9.17) is 9.47 Å². The number of hydrogen-bond donors (Lipinski definition) is 2. The number of anilines is 2. The van der Waals surface area contributed by atoms with Crippen molar-refractivity contribution in [2.75, 3.05) is 31.4 Å². The molecule has 0 aliphatic rings. The molecule has 0 atom stereocenters. The predicted octanol–water partition coefficient (Wildman–Crippen LogP) is 3.79. The van der Waals surface area contributed by atoms with Gasteiger partial charge >= 0.3 is 0 Å². The van der Waals surface area contributed by atoms with Gasteiger partial charge in [0.2, 0.25) is 0 Å². The zero-order valence-corrected chi connectivity index (χ0v) is 16.5. The molecule has 1 heterocycles. The maximum Gasteiger partial charge on any atom is 0.274 e. The monoisotopic (exact) mass is 392 g/mol. The molecule has 150 valence electrons. The summed E-state index contributed by atoms with van der Waals surface area (Å²) in [6, 6.07) is 17.1. The number of aromatic nitrogens is 2. The fourth-order valence-electron chi connectivity index (χ4n) is 2.83. The molecule has 7 heteroatoms. The van der Waals surface area contributed by atoms with Crippen molar-refractivity contribution in [3.8, 4) is 11.5 Å². The Bertz CT molecular complexity index is 948. The van der Waals surface area contributed by atoms with Gasteiger partial charge in [-0.1, -0.05) is 30.3 Å². The molecule has 3 aromatic rings. The summed E-state index contributed by atoms with van der Waals surface area (Å²) in [4.78, 5) is 20.9. The van der Waals surface area contributed by atoms with E-state index in [-0.39, 0.29) is 11.6 Å². The Morgan fingerprint density at radius 2 is 1.83 bits per heavy atom. The normalized spacial score (nSPS) is 10.3. The molecule has 1 amide bonds. The zero-order valence-electron chi connectivity index (χ0n) is 16.5. The smallest absolute Gasteiger partial charge is 0.274 e. The van der Waals surface area contributed by atoms with Crippen molar-refractivity contribution >= 4 is 17.4 Å². The molecule has 3 rings (SSSR count). The molecule has 0 unspecified atom stereocenters. The van der Waals surface area contributed by atoms with Crippen LogP contribution in [0.4, 0.5) is 11.5 Å². The van der Waals surface area contributed by atoms with Crippen LogP contribution in [0.2, 0.25) is 0 Å². The number of ether oxygens (including phenoxy) is 2. The third-order valence-electron chi connectivity index (χ3n) is 4.35. The third-order valence-corrected chi connectivity index (χ3v) is 4.35. The summed E-state index contributed by atoms with van der Waals surface area (Å²) in [5.74, 6) is 1.40. The van der Waals surface area contributed by atoms with Gasteiger partial charge in [-0.3, -0.25) is 4.79 Å². The largest absolute Gasteiger partial charge is 0.497 e. The van der Waals surface area contributed by atoms with Gasteiger partial charge in [0, 0.05) is 18.7 Å². The van der Waals surface area contributed by atoms with Gasteiger partial charge < -0.3 is 20.1 Å². The Kier molecular flexibility index (Phi) is 7.00. The Morgan fingerprint density at radius 3 is 2.59 bits per heavy atom. The quantitative estimate of drug-likeness (QED) is 0.539. The number of carbonyl (C=O) groups is 1. The van der Waals surface area contributed by atoms with Gasteiger partial charge in [0.1, 0.15) is 29.3 Å². The second-order valence-corrected chi connectivity index (χ2v) is 6.32. The molecular formula is C22H24N4O3. The summed E-state index contributed by atoms with van der Waals surface area (Å²) in [7, 11) is 3.10. The lowest BCUT2D eigenvalue weighted by molar-refractivity contribution is 0.102. The number of carbonyl (C=O) groups excluding carboxylic acids is 1. The molecule has 0 aliphatic heterocycles. The van der Waals surface area contributed by atoms with Crippen LogP contribution in [0.15, 0.2) is 60.9 Å². The van der Waals surface area contributed by atoms with Crippen molar-refractivity contribution in [1.82, 2.24) is 9.97 Å². The fourth-order valence-corrected chi connectivity index (χ4v) is 2.83.